The van der Waals surface area contributed by atoms with Crippen molar-refractivity contribution in [1.29, 1.82) is 0 Å². The van der Waals surface area contributed by atoms with E-state index in [2.05, 4.69) is 20.9 Å². The van der Waals surface area contributed by atoms with E-state index >= 15 is 0 Å². The molecule has 6 heteroatoms. The molecule has 2 aromatic heterocycles. The van der Waals surface area contributed by atoms with Crippen molar-refractivity contribution in [2.24, 2.45) is 0 Å². The number of hydrogen-bond acceptors (Lipinski definition) is 2. The lowest BCUT2D eigenvalue weighted by molar-refractivity contribution is -0.131. The van der Waals surface area contributed by atoms with Gasteiger partial charge in [0.1, 0.15) is 5.65 Å². The molecule has 1 aromatic carbocycles. The van der Waals surface area contributed by atoms with Gasteiger partial charge in [0.2, 0.25) is 0 Å². The van der Waals surface area contributed by atoms with E-state index in [-0.39, 0.29) is 0 Å². The highest BCUT2D eigenvalue weighted by atomic mass is 79.9. The molecule has 2 heterocycles. The molecule has 110 valence electrons. The van der Waals surface area contributed by atoms with Gasteiger partial charge in [-0.15, -0.1) is 0 Å². The van der Waals surface area contributed by atoms with Crippen molar-refractivity contribution < 1.29 is 9.90 Å². The molecule has 0 bridgehead atoms. The number of fused-ring (bicyclic) bond motifs is 1. The van der Waals surface area contributed by atoms with E-state index in [4.69, 9.17) is 16.7 Å². The zero-order valence-corrected chi connectivity index (χ0v) is 13.5. The first-order chi connectivity index (χ1) is 10.5. The smallest absolute Gasteiger partial charge is 0.328 e. The van der Waals surface area contributed by atoms with E-state index in [1.807, 2.05) is 34.9 Å². The van der Waals surface area contributed by atoms with E-state index in [0.717, 1.165) is 21.8 Å². The van der Waals surface area contributed by atoms with Gasteiger partial charge in [-0.2, -0.15) is 0 Å². The van der Waals surface area contributed by atoms with Crippen LogP contribution in [0.4, 0.5) is 0 Å². The summed E-state index contributed by atoms with van der Waals surface area (Å²) < 4.78 is 2.72. The van der Waals surface area contributed by atoms with Gasteiger partial charge in [0.15, 0.2) is 0 Å². The highest BCUT2D eigenvalue weighted by molar-refractivity contribution is 9.10. The third-order valence-electron chi connectivity index (χ3n) is 3.12. The van der Waals surface area contributed by atoms with Gasteiger partial charge in [0.25, 0.3) is 0 Å². The summed E-state index contributed by atoms with van der Waals surface area (Å²) in [7, 11) is 0. The SMILES string of the molecule is O=C(O)C=Cc1c(-c2ccc(Cl)cc2)nc2ccc(Br)cn12. The fraction of sp³-hybridized carbons (Fsp3) is 0. The summed E-state index contributed by atoms with van der Waals surface area (Å²) >= 11 is 9.33. The molecule has 0 fully saturated rings. The van der Waals surface area contributed by atoms with Crippen LogP contribution in [0.5, 0.6) is 0 Å². The van der Waals surface area contributed by atoms with Crippen LogP contribution in [0.3, 0.4) is 0 Å². The Bertz CT molecular complexity index is 885. The molecule has 1 N–H and O–H groups in total. The fourth-order valence-corrected chi connectivity index (χ4v) is 2.63. The van der Waals surface area contributed by atoms with E-state index in [1.165, 1.54) is 0 Å². The zero-order chi connectivity index (χ0) is 15.7. The molecule has 0 atom stereocenters. The van der Waals surface area contributed by atoms with E-state index < -0.39 is 5.97 Å². The molecule has 0 aliphatic heterocycles. The van der Waals surface area contributed by atoms with Crippen LogP contribution < -0.4 is 0 Å². The molecule has 0 unspecified atom stereocenters. The molecule has 0 spiro atoms. The molecule has 3 rings (SSSR count). The molecule has 0 aliphatic rings. The fourth-order valence-electron chi connectivity index (χ4n) is 2.17. The van der Waals surface area contributed by atoms with E-state index in [9.17, 15) is 4.79 Å². The van der Waals surface area contributed by atoms with Gasteiger partial charge in [0, 0.05) is 27.3 Å². The van der Waals surface area contributed by atoms with Crippen molar-refractivity contribution in [2.75, 3.05) is 0 Å². The minimum absolute atomic E-state index is 0.637. The topological polar surface area (TPSA) is 54.6 Å². The summed E-state index contributed by atoms with van der Waals surface area (Å²) in [6, 6.07) is 11.0. The second-order valence-electron chi connectivity index (χ2n) is 4.60. The molecule has 0 saturated heterocycles. The van der Waals surface area contributed by atoms with Crippen LogP contribution >= 0.6 is 27.5 Å². The normalized spacial score (nSPS) is 11.4. The lowest BCUT2D eigenvalue weighted by Gasteiger charge is -2.01. The maximum atomic E-state index is 10.8. The quantitative estimate of drug-likeness (QED) is 0.683. The van der Waals surface area contributed by atoms with Crippen LogP contribution in [0.1, 0.15) is 5.69 Å². The van der Waals surface area contributed by atoms with Crippen LogP contribution in [-0.4, -0.2) is 20.5 Å². The Balaban J connectivity index is 2.26. The molecule has 4 nitrogen and oxygen atoms in total. The van der Waals surface area contributed by atoms with Crippen LogP contribution in [0.15, 0.2) is 53.1 Å². The number of benzene rings is 1. The third kappa shape index (κ3) is 2.91. The average molecular weight is 378 g/mol. The number of aliphatic carboxylic acids is 1. The van der Waals surface area contributed by atoms with Crippen molar-refractivity contribution in [3.05, 3.63) is 63.9 Å². The minimum atomic E-state index is -1.01. The Morgan fingerprint density at radius 1 is 1.23 bits per heavy atom. The third-order valence-corrected chi connectivity index (χ3v) is 3.84. The van der Waals surface area contributed by atoms with Crippen molar-refractivity contribution in [3.63, 3.8) is 0 Å². The standard InChI is InChI=1S/C16H10BrClN2O2/c17-11-3-7-14-19-16(10-1-4-12(18)5-2-10)13(20(14)9-11)6-8-15(21)22/h1-9H,(H,21,22). The molecular formula is C16H10BrClN2O2. The maximum Gasteiger partial charge on any atom is 0.328 e. The average Bonchev–Trinajstić information content (AvgIpc) is 2.83. The highest BCUT2D eigenvalue weighted by Crippen LogP contribution is 2.27. The number of aromatic nitrogens is 2. The second-order valence-corrected chi connectivity index (χ2v) is 5.95. The summed E-state index contributed by atoms with van der Waals surface area (Å²) in [6.07, 6.45) is 4.49. The Labute approximate surface area is 139 Å². The van der Waals surface area contributed by atoms with Crippen molar-refractivity contribution in [1.82, 2.24) is 9.38 Å². The summed E-state index contributed by atoms with van der Waals surface area (Å²) in [5.74, 6) is -1.01. The van der Waals surface area contributed by atoms with Gasteiger partial charge in [-0.05, 0) is 46.3 Å². The largest absolute Gasteiger partial charge is 0.478 e. The highest BCUT2D eigenvalue weighted by Gasteiger charge is 2.12. The van der Waals surface area contributed by atoms with E-state index in [0.29, 0.717) is 16.4 Å². The summed E-state index contributed by atoms with van der Waals surface area (Å²) in [4.78, 5) is 15.4. The number of carboxylic acid groups (broad SMARTS) is 1. The lowest BCUT2D eigenvalue weighted by Crippen LogP contribution is -1.91. The number of carbonyl (C=O) groups is 1. The van der Waals surface area contributed by atoms with E-state index in [1.54, 1.807) is 18.2 Å². The monoisotopic (exact) mass is 376 g/mol. The van der Waals surface area contributed by atoms with Crippen LogP contribution in [0, 0.1) is 0 Å². The molecule has 0 amide bonds. The van der Waals surface area contributed by atoms with Gasteiger partial charge < -0.3 is 5.11 Å². The number of nitrogens with zero attached hydrogens (tertiary/aromatic N) is 2. The first-order valence-electron chi connectivity index (χ1n) is 6.39. The number of halogens is 2. The van der Waals surface area contributed by atoms with Gasteiger partial charge in [-0.1, -0.05) is 23.7 Å². The predicted octanol–water partition coefficient (Wildman–Crippen LogP) is 4.52. The maximum absolute atomic E-state index is 10.8. The summed E-state index contributed by atoms with van der Waals surface area (Å²) in [5, 5.41) is 9.53. The minimum Gasteiger partial charge on any atom is -0.478 e. The number of carboxylic acids is 1. The number of imidazole rings is 1. The Kier molecular flexibility index (Phi) is 4.00. The molecule has 0 radical (unpaired) electrons. The summed E-state index contributed by atoms with van der Waals surface area (Å²) in [5.41, 5.74) is 3.00. The van der Waals surface area contributed by atoms with Crippen LogP contribution in [-0.2, 0) is 4.79 Å². The lowest BCUT2D eigenvalue weighted by atomic mass is 10.1. The Morgan fingerprint density at radius 2 is 1.95 bits per heavy atom. The second kappa shape index (κ2) is 5.94. The van der Waals surface area contributed by atoms with Gasteiger partial charge in [-0.25, -0.2) is 9.78 Å². The summed E-state index contributed by atoms with van der Waals surface area (Å²) in [6.45, 7) is 0. The molecule has 0 saturated carbocycles. The number of hydrogen-bond donors (Lipinski definition) is 1. The van der Waals surface area contributed by atoms with Crippen LogP contribution in [0.2, 0.25) is 5.02 Å². The van der Waals surface area contributed by atoms with Crippen molar-refractivity contribution in [3.8, 4) is 11.3 Å². The Hall–Kier alpha value is -2.11. The molecular weight excluding hydrogens is 368 g/mol. The van der Waals surface area contributed by atoms with Gasteiger partial charge in [-0.3, -0.25) is 4.40 Å². The molecule has 0 aliphatic carbocycles. The Morgan fingerprint density at radius 3 is 2.64 bits per heavy atom. The number of pyridine rings is 1. The van der Waals surface area contributed by atoms with Crippen molar-refractivity contribution >= 4 is 45.2 Å². The van der Waals surface area contributed by atoms with Crippen LogP contribution in [0.25, 0.3) is 23.0 Å². The first-order valence-corrected chi connectivity index (χ1v) is 7.56. The molecule has 22 heavy (non-hydrogen) atoms. The van der Waals surface area contributed by atoms with Gasteiger partial charge in [0.05, 0.1) is 11.4 Å². The number of rotatable bonds is 3. The van der Waals surface area contributed by atoms with Crippen molar-refractivity contribution in [2.45, 2.75) is 0 Å². The zero-order valence-electron chi connectivity index (χ0n) is 11.2. The predicted molar refractivity (Wildman–Crippen MR) is 90.0 cm³/mol. The molecule has 3 aromatic rings. The first kappa shape index (κ1) is 14.8. The van der Waals surface area contributed by atoms with Gasteiger partial charge >= 0.3 is 5.97 Å².